The molecule has 0 spiro atoms. The van der Waals surface area contributed by atoms with Gasteiger partial charge in [0.15, 0.2) is 0 Å². The summed E-state index contributed by atoms with van der Waals surface area (Å²) in [6, 6.07) is 2.73. The van der Waals surface area contributed by atoms with Crippen LogP contribution in [0.25, 0.3) is 0 Å². The number of carbonyl (C=O) groups excluding carboxylic acids is 2. The number of nitrogens with zero attached hydrogens (tertiary/aromatic N) is 1. The zero-order valence-corrected chi connectivity index (χ0v) is 15.9. The largest absolute Gasteiger partial charge is 0.376 e. The van der Waals surface area contributed by atoms with Crippen molar-refractivity contribution in [2.24, 2.45) is 5.92 Å². The number of amides is 2. The van der Waals surface area contributed by atoms with E-state index in [4.69, 9.17) is 4.74 Å². The topological polar surface area (TPSA) is 91.5 Å². The average Bonchev–Trinajstić information content (AvgIpc) is 3.21. The summed E-state index contributed by atoms with van der Waals surface area (Å²) in [4.78, 5) is 41.2. The van der Waals surface area contributed by atoms with Crippen molar-refractivity contribution in [1.82, 2.24) is 15.2 Å². The molecule has 0 aromatic carbocycles. The van der Waals surface area contributed by atoms with Gasteiger partial charge >= 0.3 is 0 Å². The molecule has 3 atom stereocenters. The van der Waals surface area contributed by atoms with Crippen molar-refractivity contribution >= 4 is 11.8 Å². The van der Waals surface area contributed by atoms with Crippen LogP contribution in [0.5, 0.6) is 0 Å². The summed E-state index contributed by atoms with van der Waals surface area (Å²) in [7, 11) is 0. The number of carbonyl (C=O) groups is 2. The quantitative estimate of drug-likeness (QED) is 0.792. The van der Waals surface area contributed by atoms with Crippen LogP contribution < -0.4 is 10.9 Å². The normalized spacial score (nSPS) is 25.4. The van der Waals surface area contributed by atoms with E-state index < -0.39 is 0 Å². The van der Waals surface area contributed by atoms with E-state index in [9.17, 15) is 14.4 Å². The number of H-pyrrole nitrogens is 1. The van der Waals surface area contributed by atoms with Gasteiger partial charge in [-0.1, -0.05) is 6.92 Å². The number of rotatable bonds is 6. The number of likely N-dealkylation sites (tertiary alicyclic amines) is 1. The van der Waals surface area contributed by atoms with E-state index in [0.29, 0.717) is 25.0 Å². The van der Waals surface area contributed by atoms with Gasteiger partial charge in [-0.05, 0) is 44.6 Å². The molecule has 2 amide bonds. The molecular weight excluding hydrogens is 346 g/mol. The van der Waals surface area contributed by atoms with Crippen molar-refractivity contribution in [3.8, 4) is 0 Å². The number of hydrogen-bond acceptors (Lipinski definition) is 4. The van der Waals surface area contributed by atoms with Gasteiger partial charge in [-0.3, -0.25) is 14.4 Å². The first-order chi connectivity index (χ1) is 13.1. The van der Waals surface area contributed by atoms with Crippen LogP contribution in [-0.2, 0) is 9.53 Å². The van der Waals surface area contributed by atoms with Crippen LogP contribution in [0, 0.1) is 5.92 Å². The highest BCUT2D eigenvalue weighted by atomic mass is 16.5. The van der Waals surface area contributed by atoms with E-state index in [1.165, 1.54) is 12.3 Å². The molecule has 7 heteroatoms. The Morgan fingerprint density at radius 2 is 2.07 bits per heavy atom. The second-order valence-electron chi connectivity index (χ2n) is 7.47. The third-order valence-corrected chi connectivity index (χ3v) is 5.45. The van der Waals surface area contributed by atoms with E-state index in [2.05, 4.69) is 10.3 Å². The molecule has 2 N–H and O–H groups in total. The zero-order valence-electron chi connectivity index (χ0n) is 15.9. The molecule has 7 nitrogen and oxygen atoms in total. The molecule has 2 aliphatic rings. The van der Waals surface area contributed by atoms with Gasteiger partial charge in [-0.15, -0.1) is 0 Å². The summed E-state index contributed by atoms with van der Waals surface area (Å²) in [6.45, 7) is 4.36. The Balaban J connectivity index is 1.64. The molecule has 0 unspecified atom stereocenters. The second kappa shape index (κ2) is 9.17. The van der Waals surface area contributed by atoms with E-state index in [0.717, 1.165) is 38.8 Å². The lowest BCUT2D eigenvalue weighted by Gasteiger charge is -2.37. The zero-order chi connectivity index (χ0) is 19.2. The average molecular weight is 375 g/mol. The predicted molar refractivity (Wildman–Crippen MR) is 102 cm³/mol. The molecule has 3 rings (SSSR count). The predicted octanol–water partition coefficient (Wildman–Crippen LogP) is 1.69. The third kappa shape index (κ3) is 4.97. The van der Waals surface area contributed by atoms with Gasteiger partial charge < -0.3 is 19.9 Å². The summed E-state index contributed by atoms with van der Waals surface area (Å²) in [6.07, 6.45) is 6.43. The van der Waals surface area contributed by atoms with Crippen molar-refractivity contribution < 1.29 is 14.3 Å². The molecule has 2 heterocycles. The smallest absolute Gasteiger partial charge is 0.251 e. The van der Waals surface area contributed by atoms with Gasteiger partial charge in [0.05, 0.1) is 12.1 Å². The van der Waals surface area contributed by atoms with Crippen LogP contribution in [0.15, 0.2) is 23.1 Å². The van der Waals surface area contributed by atoms with E-state index >= 15 is 0 Å². The fourth-order valence-electron chi connectivity index (χ4n) is 4.01. The third-order valence-electron chi connectivity index (χ3n) is 5.45. The minimum Gasteiger partial charge on any atom is -0.376 e. The lowest BCUT2D eigenvalue weighted by atomic mass is 9.82. The molecule has 1 saturated carbocycles. The highest BCUT2D eigenvalue weighted by Gasteiger charge is 2.37. The Bertz CT molecular complexity index is 711. The molecule has 0 bridgehead atoms. The highest BCUT2D eigenvalue weighted by Crippen LogP contribution is 2.30. The minimum absolute atomic E-state index is 0.0299. The van der Waals surface area contributed by atoms with E-state index in [1.54, 1.807) is 6.07 Å². The molecule has 27 heavy (non-hydrogen) atoms. The van der Waals surface area contributed by atoms with Crippen LogP contribution in [0.1, 0.15) is 55.8 Å². The van der Waals surface area contributed by atoms with Crippen molar-refractivity contribution in [3.63, 3.8) is 0 Å². The highest BCUT2D eigenvalue weighted by molar-refractivity contribution is 5.94. The van der Waals surface area contributed by atoms with Crippen molar-refractivity contribution in [2.45, 2.75) is 57.6 Å². The minimum atomic E-state index is -0.304. The Morgan fingerprint density at radius 3 is 2.78 bits per heavy atom. The van der Waals surface area contributed by atoms with Crippen molar-refractivity contribution in [2.75, 3.05) is 19.7 Å². The molecule has 2 fully saturated rings. The number of nitrogens with one attached hydrogen (secondary N) is 2. The first kappa shape index (κ1) is 19.6. The first-order valence-corrected chi connectivity index (χ1v) is 9.98. The van der Waals surface area contributed by atoms with E-state index in [1.807, 2.05) is 11.8 Å². The van der Waals surface area contributed by atoms with Gasteiger partial charge in [-0.25, -0.2) is 0 Å². The number of aromatic nitrogens is 1. The van der Waals surface area contributed by atoms with Crippen molar-refractivity contribution in [3.05, 3.63) is 34.2 Å². The summed E-state index contributed by atoms with van der Waals surface area (Å²) >= 11 is 0. The standard InChI is InChI=1S/C20H29N3O4/c1-2-11-27-17-12-15(20(26)23-9-3-4-10-23)5-6-16(17)22-19(25)14-7-8-21-18(24)13-14/h7-8,13,15-17H,2-6,9-12H2,1H3,(H,21,24)(H,22,25)/t15-,16+,17+/m0/s1. The molecule has 1 aliphatic carbocycles. The van der Waals surface area contributed by atoms with Crippen LogP contribution in [0.4, 0.5) is 0 Å². The first-order valence-electron chi connectivity index (χ1n) is 9.98. The molecular formula is C20H29N3O4. The molecule has 1 saturated heterocycles. The van der Waals surface area contributed by atoms with Gasteiger partial charge in [0.2, 0.25) is 11.5 Å². The summed E-state index contributed by atoms with van der Waals surface area (Å²) in [5, 5.41) is 3.01. The molecule has 1 aliphatic heterocycles. The number of pyridine rings is 1. The molecule has 0 radical (unpaired) electrons. The maximum atomic E-state index is 12.8. The van der Waals surface area contributed by atoms with Crippen LogP contribution in [0.2, 0.25) is 0 Å². The maximum absolute atomic E-state index is 12.8. The summed E-state index contributed by atoms with van der Waals surface area (Å²) in [5.74, 6) is -0.0739. The van der Waals surface area contributed by atoms with Gasteiger partial charge in [0.25, 0.3) is 5.91 Å². The van der Waals surface area contributed by atoms with Gasteiger partial charge in [-0.2, -0.15) is 0 Å². The molecule has 1 aromatic rings. The lowest BCUT2D eigenvalue weighted by molar-refractivity contribution is -0.138. The fourth-order valence-corrected chi connectivity index (χ4v) is 4.01. The maximum Gasteiger partial charge on any atom is 0.251 e. The SMILES string of the molecule is CCCO[C@@H]1C[C@@H](C(=O)N2CCCC2)CC[C@H]1NC(=O)c1cc[nH]c(=O)c1. The fraction of sp³-hybridized carbons (Fsp3) is 0.650. The van der Waals surface area contributed by atoms with E-state index in [-0.39, 0.29) is 35.4 Å². The Kier molecular flexibility index (Phi) is 6.66. The lowest BCUT2D eigenvalue weighted by Crippen LogP contribution is -2.50. The Hall–Kier alpha value is -2.15. The number of aromatic amines is 1. The van der Waals surface area contributed by atoms with Crippen molar-refractivity contribution in [1.29, 1.82) is 0 Å². The molecule has 1 aromatic heterocycles. The van der Waals surface area contributed by atoms with Crippen LogP contribution in [-0.4, -0.2) is 53.5 Å². The second-order valence-corrected chi connectivity index (χ2v) is 7.47. The number of ether oxygens (including phenoxy) is 1. The monoisotopic (exact) mass is 375 g/mol. The summed E-state index contributed by atoms with van der Waals surface area (Å²) in [5.41, 5.74) is 0.0320. The van der Waals surface area contributed by atoms with Gasteiger partial charge in [0, 0.05) is 43.4 Å². The Morgan fingerprint density at radius 1 is 1.30 bits per heavy atom. The Labute approximate surface area is 159 Å². The van der Waals surface area contributed by atoms with Crippen LogP contribution >= 0.6 is 0 Å². The van der Waals surface area contributed by atoms with Gasteiger partial charge in [0.1, 0.15) is 0 Å². The summed E-state index contributed by atoms with van der Waals surface area (Å²) < 4.78 is 5.99. The molecule has 148 valence electrons. The van der Waals surface area contributed by atoms with Crippen LogP contribution in [0.3, 0.4) is 0 Å². The number of hydrogen-bond donors (Lipinski definition) is 2.